The number of hydrogen-bond donors (Lipinski definition) is 2. The Hall–Kier alpha value is -3.12. The number of aromatic amines is 1. The molecule has 1 atom stereocenters. The van der Waals surface area contributed by atoms with Gasteiger partial charge in [-0.25, -0.2) is 4.98 Å². The number of H-pyrrole nitrogens is 1. The van der Waals surface area contributed by atoms with E-state index in [1.54, 1.807) is 7.11 Å². The lowest BCUT2D eigenvalue weighted by Crippen LogP contribution is -2.46. The largest absolute Gasteiger partial charge is 0.497 e. The highest BCUT2D eigenvalue weighted by Gasteiger charge is 2.27. The summed E-state index contributed by atoms with van der Waals surface area (Å²) in [6.45, 7) is 1.14. The molecule has 2 aromatic carbocycles. The fourth-order valence-electron chi connectivity index (χ4n) is 3.58. The van der Waals surface area contributed by atoms with Gasteiger partial charge in [0.25, 0.3) is 0 Å². The maximum absolute atomic E-state index is 12.8. The lowest BCUT2D eigenvalue weighted by atomic mass is 10.0. The second kappa shape index (κ2) is 7.86. The van der Waals surface area contributed by atoms with E-state index in [0.29, 0.717) is 19.5 Å². The first-order valence-corrected chi connectivity index (χ1v) is 9.44. The van der Waals surface area contributed by atoms with E-state index < -0.39 is 6.04 Å². The van der Waals surface area contributed by atoms with Crippen molar-refractivity contribution in [3.05, 3.63) is 71.5 Å². The number of aromatic nitrogens is 2. The van der Waals surface area contributed by atoms with Gasteiger partial charge in [-0.3, -0.25) is 4.79 Å². The van der Waals surface area contributed by atoms with Crippen LogP contribution in [0.5, 0.6) is 5.75 Å². The van der Waals surface area contributed by atoms with Crippen molar-refractivity contribution in [2.24, 2.45) is 5.73 Å². The third-order valence-corrected chi connectivity index (χ3v) is 5.10. The number of carbonyl (C=O) groups excluding carboxylic acids is 1. The van der Waals surface area contributed by atoms with Crippen molar-refractivity contribution < 1.29 is 9.53 Å². The van der Waals surface area contributed by atoms with Crippen LogP contribution in [0.25, 0.3) is 11.4 Å². The number of benzene rings is 2. The van der Waals surface area contributed by atoms with Crippen LogP contribution in [0.15, 0.2) is 54.6 Å². The number of methoxy groups -OCH3 is 1. The van der Waals surface area contributed by atoms with E-state index in [4.69, 9.17) is 15.5 Å². The van der Waals surface area contributed by atoms with Crippen LogP contribution in [-0.4, -0.2) is 40.5 Å². The standard InChI is InChI=1S/C22H24N4O2/c1-28-17-9-5-8-16(13-17)21-24-19-10-11-26(14-20(19)25-21)22(27)18(23)12-15-6-3-2-4-7-15/h2-9,13,18H,10-12,14,23H2,1H3,(H,24,25). The number of amides is 1. The van der Waals surface area contributed by atoms with Gasteiger partial charge in [-0.1, -0.05) is 42.5 Å². The lowest BCUT2D eigenvalue weighted by Gasteiger charge is -2.28. The topological polar surface area (TPSA) is 84.2 Å². The van der Waals surface area contributed by atoms with Crippen LogP contribution >= 0.6 is 0 Å². The Morgan fingerprint density at radius 3 is 2.86 bits per heavy atom. The molecular formula is C22H24N4O2. The molecule has 0 bridgehead atoms. The van der Waals surface area contributed by atoms with Gasteiger partial charge in [0.2, 0.25) is 5.91 Å². The predicted octanol–water partition coefficient (Wildman–Crippen LogP) is 2.54. The summed E-state index contributed by atoms with van der Waals surface area (Å²) in [5.74, 6) is 1.56. The van der Waals surface area contributed by atoms with Gasteiger partial charge < -0.3 is 20.4 Å². The zero-order chi connectivity index (χ0) is 19.5. The zero-order valence-corrected chi connectivity index (χ0v) is 15.9. The van der Waals surface area contributed by atoms with Crippen molar-refractivity contribution in [2.75, 3.05) is 13.7 Å². The molecule has 3 N–H and O–H groups in total. The monoisotopic (exact) mass is 376 g/mol. The van der Waals surface area contributed by atoms with Crippen molar-refractivity contribution in [1.29, 1.82) is 0 Å². The van der Waals surface area contributed by atoms with E-state index >= 15 is 0 Å². The van der Waals surface area contributed by atoms with E-state index in [-0.39, 0.29) is 5.91 Å². The normalized spacial score (nSPS) is 14.4. The van der Waals surface area contributed by atoms with Crippen LogP contribution in [0.1, 0.15) is 17.0 Å². The molecule has 0 saturated heterocycles. The van der Waals surface area contributed by atoms with Gasteiger partial charge in [0.1, 0.15) is 11.6 Å². The van der Waals surface area contributed by atoms with Crippen LogP contribution < -0.4 is 10.5 Å². The number of nitrogens with two attached hydrogens (primary N) is 1. The van der Waals surface area contributed by atoms with E-state index in [0.717, 1.165) is 40.5 Å². The average molecular weight is 376 g/mol. The van der Waals surface area contributed by atoms with Crippen LogP contribution in [0.3, 0.4) is 0 Å². The minimum atomic E-state index is -0.537. The molecule has 6 nitrogen and oxygen atoms in total. The number of imidazole rings is 1. The van der Waals surface area contributed by atoms with Crippen LogP contribution in [0.2, 0.25) is 0 Å². The summed E-state index contributed by atoms with van der Waals surface area (Å²) < 4.78 is 5.29. The van der Waals surface area contributed by atoms with Gasteiger partial charge in [0.05, 0.1) is 31.1 Å². The predicted molar refractivity (Wildman–Crippen MR) is 108 cm³/mol. The molecule has 1 aromatic heterocycles. The minimum Gasteiger partial charge on any atom is -0.497 e. The Morgan fingerprint density at radius 1 is 1.25 bits per heavy atom. The lowest BCUT2D eigenvalue weighted by molar-refractivity contribution is -0.133. The Labute approximate surface area is 164 Å². The molecule has 0 fully saturated rings. The summed E-state index contributed by atoms with van der Waals surface area (Å²) in [7, 11) is 1.65. The Morgan fingerprint density at radius 2 is 2.07 bits per heavy atom. The molecular weight excluding hydrogens is 352 g/mol. The van der Waals surface area contributed by atoms with E-state index in [1.807, 2.05) is 59.5 Å². The fraction of sp³-hybridized carbons (Fsp3) is 0.273. The van der Waals surface area contributed by atoms with Crippen molar-refractivity contribution >= 4 is 5.91 Å². The van der Waals surface area contributed by atoms with Crippen LogP contribution in [0, 0.1) is 0 Å². The van der Waals surface area contributed by atoms with Crippen molar-refractivity contribution in [3.8, 4) is 17.1 Å². The summed E-state index contributed by atoms with van der Waals surface area (Å²) >= 11 is 0. The molecule has 4 rings (SSSR count). The Bertz CT molecular complexity index is 968. The number of nitrogens with one attached hydrogen (secondary N) is 1. The molecule has 0 radical (unpaired) electrons. The van der Waals surface area contributed by atoms with E-state index in [1.165, 1.54) is 0 Å². The number of carbonyl (C=O) groups is 1. The summed E-state index contributed by atoms with van der Waals surface area (Å²) in [6.07, 6.45) is 1.26. The van der Waals surface area contributed by atoms with Gasteiger partial charge in [0.15, 0.2) is 0 Å². The van der Waals surface area contributed by atoms with Crippen molar-refractivity contribution in [1.82, 2.24) is 14.9 Å². The highest BCUT2D eigenvalue weighted by atomic mass is 16.5. The maximum atomic E-state index is 12.8. The Balaban J connectivity index is 1.47. The second-order valence-electron chi connectivity index (χ2n) is 7.05. The maximum Gasteiger partial charge on any atom is 0.240 e. The number of fused-ring (bicyclic) bond motifs is 1. The molecule has 144 valence electrons. The number of rotatable bonds is 5. The van der Waals surface area contributed by atoms with Crippen LogP contribution in [0.4, 0.5) is 0 Å². The van der Waals surface area contributed by atoms with E-state index in [9.17, 15) is 4.79 Å². The van der Waals surface area contributed by atoms with Crippen LogP contribution in [-0.2, 0) is 24.2 Å². The van der Waals surface area contributed by atoms with E-state index in [2.05, 4.69) is 4.98 Å². The quantitative estimate of drug-likeness (QED) is 0.717. The highest BCUT2D eigenvalue weighted by molar-refractivity contribution is 5.82. The molecule has 1 unspecified atom stereocenters. The van der Waals surface area contributed by atoms with Gasteiger partial charge in [-0.2, -0.15) is 0 Å². The molecule has 6 heteroatoms. The summed E-state index contributed by atoms with van der Waals surface area (Å²) in [6, 6.07) is 17.1. The summed E-state index contributed by atoms with van der Waals surface area (Å²) in [5.41, 5.74) is 10.2. The first-order chi connectivity index (χ1) is 13.6. The minimum absolute atomic E-state index is 0.0213. The highest BCUT2D eigenvalue weighted by Crippen LogP contribution is 2.25. The molecule has 0 spiro atoms. The molecule has 1 aliphatic heterocycles. The third kappa shape index (κ3) is 3.77. The number of nitrogens with zero attached hydrogens (tertiary/aromatic N) is 2. The zero-order valence-electron chi connectivity index (χ0n) is 15.9. The van der Waals surface area contributed by atoms with Gasteiger partial charge in [-0.05, 0) is 24.1 Å². The Kier molecular flexibility index (Phi) is 5.12. The molecule has 2 heterocycles. The summed E-state index contributed by atoms with van der Waals surface area (Å²) in [5, 5.41) is 0. The first-order valence-electron chi connectivity index (χ1n) is 9.44. The average Bonchev–Trinajstić information content (AvgIpc) is 3.17. The summed E-state index contributed by atoms with van der Waals surface area (Å²) in [4.78, 5) is 22.7. The van der Waals surface area contributed by atoms with Gasteiger partial charge in [-0.15, -0.1) is 0 Å². The second-order valence-corrected chi connectivity index (χ2v) is 7.05. The third-order valence-electron chi connectivity index (χ3n) is 5.10. The molecule has 0 aliphatic carbocycles. The van der Waals surface area contributed by atoms with Crippen molar-refractivity contribution in [3.63, 3.8) is 0 Å². The van der Waals surface area contributed by atoms with Gasteiger partial charge in [0, 0.05) is 18.5 Å². The first kappa shape index (κ1) is 18.3. The molecule has 3 aromatic rings. The molecule has 0 saturated carbocycles. The number of hydrogen-bond acceptors (Lipinski definition) is 4. The fourth-order valence-corrected chi connectivity index (χ4v) is 3.58. The smallest absolute Gasteiger partial charge is 0.240 e. The van der Waals surface area contributed by atoms with Crippen molar-refractivity contribution in [2.45, 2.75) is 25.4 Å². The van der Waals surface area contributed by atoms with Gasteiger partial charge >= 0.3 is 0 Å². The molecule has 28 heavy (non-hydrogen) atoms. The SMILES string of the molecule is COc1cccc(-c2nc3c([nH]2)CN(C(=O)C(N)Cc2ccccc2)CC3)c1. The molecule has 1 amide bonds. The molecule has 1 aliphatic rings. The number of ether oxygens (including phenoxy) is 1.